The monoisotopic (exact) mass is 434 g/mol. The van der Waals surface area contributed by atoms with Crippen LogP contribution in [0.1, 0.15) is 92.4 Å². The summed E-state index contributed by atoms with van der Waals surface area (Å²) in [5, 5.41) is 42.9. The third-order valence-electron chi connectivity index (χ3n) is 10.7. The number of fused-ring (bicyclic) bond motifs is 5. The zero-order valence-corrected chi connectivity index (χ0v) is 20.3. The van der Waals surface area contributed by atoms with Gasteiger partial charge in [-0.05, 0) is 79.4 Å². The van der Waals surface area contributed by atoms with E-state index in [0.717, 1.165) is 42.6 Å². The first-order valence-corrected chi connectivity index (χ1v) is 12.9. The Hall–Kier alpha value is -0.420. The van der Waals surface area contributed by atoms with Gasteiger partial charge in [-0.1, -0.05) is 65.5 Å². The number of aliphatic hydroxyl groups is 4. The predicted molar refractivity (Wildman–Crippen MR) is 123 cm³/mol. The number of hydrogen-bond donors (Lipinski definition) is 4. The van der Waals surface area contributed by atoms with Gasteiger partial charge in [-0.25, -0.2) is 0 Å². The Labute approximate surface area is 189 Å². The fraction of sp³-hybridized carbons (Fsp3) is 0.926. The molecule has 4 aliphatic carbocycles. The maximum Gasteiger partial charge on any atom is 0.201 e. The third kappa shape index (κ3) is 3.47. The molecule has 0 saturated heterocycles. The topological polar surface area (TPSA) is 80.9 Å². The highest BCUT2D eigenvalue weighted by Crippen LogP contribution is 2.68. The molecule has 3 fully saturated rings. The van der Waals surface area contributed by atoms with Crippen LogP contribution in [0.25, 0.3) is 0 Å². The Bertz CT molecular complexity index is 699. The van der Waals surface area contributed by atoms with Crippen molar-refractivity contribution in [3.8, 4) is 0 Å². The van der Waals surface area contributed by atoms with Crippen LogP contribution in [0.2, 0.25) is 0 Å². The van der Waals surface area contributed by atoms with Gasteiger partial charge in [0.15, 0.2) is 0 Å². The molecule has 1 unspecified atom stereocenters. The van der Waals surface area contributed by atoms with E-state index in [-0.39, 0.29) is 5.92 Å². The first-order valence-electron chi connectivity index (χ1n) is 12.9. The van der Waals surface area contributed by atoms with Crippen LogP contribution in [0.5, 0.6) is 0 Å². The minimum atomic E-state index is -2.28. The van der Waals surface area contributed by atoms with Gasteiger partial charge in [-0.15, -0.1) is 0 Å². The van der Waals surface area contributed by atoms with E-state index in [1.807, 2.05) is 6.92 Å². The van der Waals surface area contributed by atoms with Crippen molar-refractivity contribution in [2.24, 2.45) is 46.3 Å². The van der Waals surface area contributed by atoms with Gasteiger partial charge in [0.2, 0.25) is 5.79 Å². The Morgan fingerprint density at radius 1 is 1.00 bits per heavy atom. The van der Waals surface area contributed by atoms with Gasteiger partial charge in [0.05, 0.1) is 6.10 Å². The van der Waals surface area contributed by atoms with Crippen LogP contribution in [-0.2, 0) is 0 Å². The van der Waals surface area contributed by atoms with E-state index >= 15 is 0 Å². The van der Waals surface area contributed by atoms with E-state index in [1.54, 1.807) is 0 Å². The van der Waals surface area contributed by atoms with Crippen molar-refractivity contribution in [1.29, 1.82) is 0 Å². The van der Waals surface area contributed by atoms with Crippen LogP contribution in [0.3, 0.4) is 0 Å². The first kappa shape index (κ1) is 23.7. The molecule has 0 aromatic carbocycles. The molecule has 0 spiro atoms. The molecule has 4 nitrogen and oxygen atoms in total. The second kappa shape index (κ2) is 8.11. The minimum absolute atomic E-state index is 0.151. The largest absolute Gasteiger partial charge is 0.390 e. The lowest BCUT2D eigenvalue weighted by Gasteiger charge is -2.62. The lowest BCUT2D eigenvalue weighted by Crippen LogP contribution is -2.68. The molecule has 4 rings (SSSR count). The van der Waals surface area contributed by atoms with Crippen molar-refractivity contribution in [3.63, 3.8) is 0 Å². The van der Waals surface area contributed by atoms with Crippen LogP contribution >= 0.6 is 0 Å². The molecule has 0 radical (unpaired) electrons. The number of allylic oxidation sites excluding steroid dienone is 1. The molecule has 4 N–H and O–H groups in total. The van der Waals surface area contributed by atoms with Crippen molar-refractivity contribution in [2.75, 3.05) is 0 Å². The van der Waals surface area contributed by atoms with E-state index in [9.17, 15) is 20.4 Å². The van der Waals surface area contributed by atoms with E-state index in [0.29, 0.717) is 23.7 Å². The second-order valence-corrected chi connectivity index (χ2v) is 12.5. The fourth-order valence-electron chi connectivity index (χ4n) is 8.80. The average Bonchev–Trinajstić information content (AvgIpc) is 3.05. The summed E-state index contributed by atoms with van der Waals surface area (Å²) in [7, 11) is 0. The molecule has 31 heavy (non-hydrogen) atoms. The molecule has 0 heterocycles. The minimum Gasteiger partial charge on any atom is -0.390 e. The Balaban J connectivity index is 1.57. The zero-order valence-electron chi connectivity index (χ0n) is 20.3. The number of aliphatic hydroxyl groups excluding tert-OH is 2. The van der Waals surface area contributed by atoms with Crippen molar-refractivity contribution >= 4 is 0 Å². The van der Waals surface area contributed by atoms with Crippen LogP contribution in [0.15, 0.2) is 11.6 Å². The smallest absolute Gasteiger partial charge is 0.201 e. The van der Waals surface area contributed by atoms with Gasteiger partial charge >= 0.3 is 0 Å². The molecule has 3 saturated carbocycles. The summed E-state index contributed by atoms with van der Waals surface area (Å²) in [4.78, 5) is 0. The molecule has 0 aromatic rings. The summed E-state index contributed by atoms with van der Waals surface area (Å²) >= 11 is 0. The van der Waals surface area contributed by atoms with Crippen LogP contribution in [-0.4, -0.2) is 38.4 Å². The zero-order chi connectivity index (χ0) is 22.8. The summed E-state index contributed by atoms with van der Waals surface area (Å²) in [6.07, 6.45) is 9.50. The van der Waals surface area contributed by atoms with Gasteiger partial charge < -0.3 is 20.4 Å². The summed E-state index contributed by atoms with van der Waals surface area (Å²) in [5.41, 5.74) is 0.397. The van der Waals surface area contributed by atoms with Crippen molar-refractivity contribution in [3.05, 3.63) is 11.6 Å². The average molecular weight is 435 g/mol. The number of hydrogen-bond acceptors (Lipinski definition) is 4. The Kier molecular flexibility index (Phi) is 6.21. The molecule has 4 aliphatic rings. The first-order chi connectivity index (χ1) is 14.4. The Morgan fingerprint density at radius 3 is 2.39 bits per heavy atom. The van der Waals surface area contributed by atoms with Gasteiger partial charge in [-0.3, -0.25) is 0 Å². The van der Waals surface area contributed by atoms with Gasteiger partial charge in [0.25, 0.3) is 0 Å². The number of rotatable bonds is 5. The highest BCUT2D eigenvalue weighted by atomic mass is 16.5. The lowest BCUT2D eigenvalue weighted by molar-refractivity contribution is -0.327. The standard InChI is InChI=1S/C27H46O4/c1-16(2)7-6-8-17(3)20-11-12-21-19-10-9-18-15-23(28)24(29)27(30,31)26(18,5)22(19)13-14-25(20,21)4/h9,16-17,19-24,28-31H,6-8,10-15H2,1-5H3/t17-,19+,20-,21+,22+,23-,24?,25-,26+/m1/s1. The van der Waals surface area contributed by atoms with Gasteiger partial charge in [0, 0.05) is 5.41 Å². The molecule has 0 amide bonds. The third-order valence-corrected chi connectivity index (χ3v) is 10.7. The van der Waals surface area contributed by atoms with Crippen molar-refractivity contribution in [1.82, 2.24) is 0 Å². The van der Waals surface area contributed by atoms with E-state index in [4.69, 9.17) is 0 Å². The van der Waals surface area contributed by atoms with Gasteiger partial charge in [0.1, 0.15) is 6.10 Å². The van der Waals surface area contributed by atoms with E-state index < -0.39 is 23.4 Å². The normalized spacial score (nSPS) is 47.4. The Morgan fingerprint density at radius 2 is 1.71 bits per heavy atom. The summed E-state index contributed by atoms with van der Waals surface area (Å²) in [6, 6.07) is 0. The van der Waals surface area contributed by atoms with E-state index in [1.165, 1.54) is 32.1 Å². The molecule has 9 atom stereocenters. The second-order valence-electron chi connectivity index (χ2n) is 12.5. The molecule has 0 bridgehead atoms. The highest BCUT2D eigenvalue weighted by Gasteiger charge is 2.67. The lowest BCUT2D eigenvalue weighted by atomic mass is 9.45. The summed E-state index contributed by atoms with van der Waals surface area (Å²) in [6.45, 7) is 11.6. The molecule has 0 aromatic heterocycles. The highest BCUT2D eigenvalue weighted by molar-refractivity contribution is 5.30. The van der Waals surface area contributed by atoms with Crippen LogP contribution in [0.4, 0.5) is 0 Å². The van der Waals surface area contributed by atoms with Crippen LogP contribution < -0.4 is 0 Å². The summed E-state index contributed by atoms with van der Waals surface area (Å²) < 4.78 is 0. The van der Waals surface area contributed by atoms with Crippen molar-refractivity contribution < 1.29 is 20.4 Å². The molecule has 178 valence electrons. The van der Waals surface area contributed by atoms with Gasteiger partial charge in [-0.2, -0.15) is 0 Å². The predicted octanol–water partition coefficient (Wildman–Crippen LogP) is 4.65. The molecular weight excluding hydrogens is 388 g/mol. The maximum absolute atomic E-state index is 11.1. The maximum atomic E-state index is 11.1. The van der Waals surface area contributed by atoms with Crippen molar-refractivity contribution in [2.45, 2.75) is 110 Å². The molecule has 0 aliphatic heterocycles. The summed E-state index contributed by atoms with van der Waals surface area (Å²) in [5.74, 6) is 1.19. The molecule has 4 heteroatoms. The molecular formula is C27H46O4. The fourth-order valence-corrected chi connectivity index (χ4v) is 8.80. The quantitative estimate of drug-likeness (QED) is 0.375. The van der Waals surface area contributed by atoms with Crippen LogP contribution in [0, 0.1) is 46.3 Å². The van der Waals surface area contributed by atoms with E-state index in [2.05, 4.69) is 33.8 Å². The SMILES string of the molecule is CC(C)CCC[C@@H](C)[C@H]1CC[C@H]2[C@@H]3CC=C4C[C@@H](O)C(O)C(O)(O)[C@]4(C)[C@H]3CC[C@]12C.